The van der Waals surface area contributed by atoms with Crippen LogP contribution >= 0.6 is 12.6 Å². The lowest BCUT2D eigenvalue weighted by Crippen LogP contribution is -1.79. The first-order valence-corrected chi connectivity index (χ1v) is 4.00. The van der Waals surface area contributed by atoms with E-state index in [-0.39, 0.29) is 0 Å². The zero-order valence-corrected chi connectivity index (χ0v) is 7.46. The minimum atomic E-state index is 0.498. The second-order valence-corrected chi connectivity index (χ2v) is 2.90. The number of thiol groups is 1. The van der Waals surface area contributed by atoms with E-state index in [0.717, 1.165) is 12.0 Å². The summed E-state index contributed by atoms with van der Waals surface area (Å²) in [6.45, 7) is 3.62. The zero-order chi connectivity index (χ0) is 8.97. The molecule has 2 nitrogen and oxygen atoms in total. The molecule has 12 heavy (non-hydrogen) atoms. The molecule has 1 aromatic carbocycles. The average Bonchev–Trinajstić information content (AvgIpc) is 2.09. The highest BCUT2D eigenvalue weighted by Crippen LogP contribution is 2.24. The average molecular weight is 177 g/mol. The molecule has 0 radical (unpaired) electrons. The van der Waals surface area contributed by atoms with Crippen molar-refractivity contribution in [3.8, 4) is 0 Å². The normalized spacial score (nSPS) is 9.00. The molecule has 0 aliphatic heterocycles. The van der Waals surface area contributed by atoms with Crippen LogP contribution < -0.4 is 0 Å². The van der Waals surface area contributed by atoms with Gasteiger partial charge in [0.1, 0.15) is 0 Å². The maximum absolute atomic E-state index is 8.56. The van der Waals surface area contributed by atoms with Crippen LogP contribution in [0.5, 0.6) is 0 Å². The maximum Gasteiger partial charge on any atom is 0.398 e. The number of diazo groups is 1. The van der Waals surface area contributed by atoms with Gasteiger partial charge in [0.2, 0.25) is 5.39 Å². The minimum Gasteiger partial charge on any atom is -0.135 e. The summed E-state index contributed by atoms with van der Waals surface area (Å²) < 4.78 is 0. The number of hydrogen-bond acceptors (Lipinski definition) is 2. The van der Waals surface area contributed by atoms with Gasteiger partial charge in [-0.1, -0.05) is 12.1 Å². The third kappa shape index (κ3) is 1.86. The molecule has 3 heteroatoms. The molecular weight excluding hydrogens is 168 g/mol. The molecule has 0 aliphatic carbocycles. The molecule has 60 valence electrons. The van der Waals surface area contributed by atoms with E-state index < -0.39 is 0 Å². The molecule has 0 amide bonds. The molecule has 1 aromatic rings. The fourth-order valence-corrected chi connectivity index (χ4v) is 1.13. The largest absolute Gasteiger partial charge is 0.398 e. The van der Waals surface area contributed by atoms with Crippen molar-refractivity contribution in [1.82, 2.24) is 0 Å². The number of benzene rings is 1. The van der Waals surface area contributed by atoms with Crippen molar-refractivity contribution < 1.29 is 0 Å². The van der Waals surface area contributed by atoms with Gasteiger partial charge >= 0.3 is 5.69 Å². The van der Waals surface area contributed by atoms with Gasteiger partial charge < -0.3 is 0 Å². The summed E-state index contributed by atoms with van der Waals surface area (Å²) in [5.41, 5.74) is 1.56. The smallest absolute Gasteiger partial charge is 0.135 e. The van der Waals surface area contributed by atoms with Crippen LogP contribution in [0.3, 0.4) is 0 Å². The maximum atomic E-state index is 8.56. The summed E-state index contributed by atoms with van der Waals surface area (Å²) in [4.78, 5) is 3.77. The van der Waals surface area contributed by atoms with Gasteiger partial charge in [-0.3, -0.25) is 0 Å². The summed E-state index contributed by atoms with van der Waals surface area (Å²) in [6.07, 6.45) is 2.57. The second-order valence-electron chi connectivity index (χ2n) is 2.42. The second kappa shape index (κ2) is 3.93. The molecule has 0 aliphatic rings. The lowest BCUT2D eigenvalue weighted by Gasteiger charge is -1.92. The monoisotopic (exact) mass is 177 g/mol. The van der Waals surface area contributed by atoms with Gasteiger partial charge in [-0.25, -0.2) is 0 Å². The molecule has 0 heterocycles. The topological polar surface area (TPSA) is 28.1 Å². The van der Waals surface area contributed by atoms with Crippen LogP contribution in [0.25, 0.3) is 4.98 Å². The van der Waals surface area contributed by atoms with Crippen molar-refractivity contribution in [3.63, 3.8) is 0 Å². The number of hydrogen-bond donors (Lipinski definition) is 1. The van der Waals surface area contributed by atoms with Gasteiger partial charge in [0.25, 0.3) is 0 Å². The fourth-order valence-electron chi connectivity index (χ4n) is 0.943. The van der Waals surface area contributed by atoms with E-state index in [1.807, 2.05) is 6.07 Å². The summed E-state index contributed by atoms with van der Waals surface area (Å²) >= 11 is 4.11. The van der Waals surface area contributed by atoms with Gasteiger partial charge in [-0.2, -0.15) is 0 Å². The molecule has 0 atom stereocenters. The third-order valence-electron chi connectivity index (χ3n) is 1.53. The molecule has 0 aromatic heterocycles. The first kappa shape index (κ1) is 8.82. The fraction of sp³-hybridized carbons (Fsp3) is 0.111. The molecule has 0 N–H and O–H groups in total. The van der Waals surface area contributed by atoms with Gasteiger partial charge in [-0.05, 0) is 18.1 Å². The van der Waals surface area contributed by atoms with E-state index in [0.29, 0.717) is 10.6 Å². The van der Waals surface area contributed by atoms with Crippen LogP contribution in [-0.4, -0.2) is 0 Å². The standard InChI is InChI=1S/C9H8N2S/c1-2-3-7-4-5-9(12)8(6-7)11-10/h2,4-6H,1,3H2/p+1. The van der Waals surface area contributed by atoms with Gasteiger partial charge in [0.05, 0.1) is 4.90 Å². The molecular formula is C9H9N2S+. The Labute approximate surface area is 77.0 Å². The molecule has 0 bridgehead atoms. The third-order valence-corrected chi connectivity index (χ3v) is 1.91. The van der Waals surface area contributed by atoms with E-state index in [2.05, 4.69) is 24.2 Å². The van der Waals surface area contributed by atoms with Gasteiger partial charge in [0.15, 0.2) is 4.98 Å². The van der Waals surface area contributed by atoms with Crippen molar-refractivity contribution in [2.75, 3.05) is 0 Å². The molecule has 0 spiro atoms. The van der Waals surface area contributed by atoms with Crippen molar-refractivity contribution >= 4 is 18.3 Å². The highest BCUT2D eigenvalue weighted by molar-refractivity contribution is 7.80. The Morgan fingerprint density at radius 3 is 2.92 bits per heavy atom. The zero-order valence-electron chi connectivity index (χ0n) is 6.57. The Morgan fingerprint density at radius 2 is 2.33 bits per heavy atom. The SMILES string of the molecule is C=CCc1ccc(S)c([N+]#N)c1. The lowest BCUT2D eigenvalue weighted by molar-refractivity contribution is 1.25. The predicted molar refractivity (Wildman–Crippen MR) is 52.3 cm³/mol. The Balaban J connectivity index is 3.07. The molecule has 0 saturated heterocycles. The van der Waals surface area contributed by atoms with E-state index in [4.69, 9.17) is 5.39 Å². The van der Waals surface area contributed by atoms with Crippen molar-refractivity contribution in [1.29, 1.82) is 5.39 Å². The minimum absolute atomic E-state index is 0.498. The number of nitrogens with zero attached hydrogens (tertiary/aromatic N) is 2. The molecule has 0 unspecified atom stereocenters. The van der Waals surface area contributed by atoms with Crippen molar-refractivity contribution in [2.24, 2.45) is 0 Å². The highest BCUT2D eigenvalue weighted by Gasteiger charge is 2.10. The Kier molecular flexibility index (Phi) is 2.89. The Bertz CT molecular complexity index is 339. The van der Waals surface area contributed by atoms with Gasteiger partial charge in [0, 0.05) is 6.07 Å². The first-order chi connectivity index (χ1) is 5.77. The predicted octanol–water partition coefficient (Wildman–Crippen LogP) is 3.19. The van der Waals surface area contributed by atoms with Crippen LogP contribution in [0.4, 0.5) is 5.69 Å². The quantitative estimate of drug-likeness (QED) is 0.419. The van der Waals surface area contributed by atoms with Crippen molar-refractivity contribution in [3.05, 3.63) is 41.4 Å². The van der Waals surface area contributed by atoms with Crippen LogP contribution in [0.2, 0.25) is 0 Å². The van der Waals surface area contributed by atoms with Crippen molar-refractivity contribution in [2.45, 2.75) is 11.3 Å². The number of allylic oxidation sites excluding steroid dienone is 1. The molecule has 0 fully saturated rings. The number of rotatable bonds is 2. The summed E-state index contributed by atoms with van der Waals surface area (Å²) in [5, 5.41) is 8.56. The van der Waals surface area contributed by atoms with Crippen LogP contribution in [0, 0.1) is 5.39 Å². The lowest BCUT2D eigenvalue weighted by atomic mass is 10.1. The first-order valence-electron chi connectivity index (χ1n) is 3.56. The van der Waals surface area contributed by atoms with E-state index in [1.54, 1.807) is 18.2 Å². The Morgan fingerprint density at radius 1 is 1.58 bits per heavy atom. The van der Waals surface area contributed by atoms with E-state index in [1.165, 1.54) is 0 Å². The Hall–Kier alpha value is -1.27. The summed E-state index contributed by atoms with van der Waals surface area (Å²) in [6, 6.07) is 5.51. The summed E-state index contributed by atoms with van der Waals surface area (Å²) in [7, 11) is 0. The van der Waals surface area contributed by atoms with Crippen LogP contribution in [0.15, 0.2) is 35.7 Å². The molecule has 0 saturated carbocycles. The highest BCUT2D eigenvalue weighted by atomic mass is 32.1. The van der Waals surface area contributed by atoms with E-state index >= 15 is 0 Å². The summed E-state index contributed by atoms with van der Waals surface area (Å²) in [5.74, 6) is 0. The molecule has 1 rings (SSSR count). The van der Waals surface area contributed by atoms with Crippen LogP contribution in [0.1, 0.15) is 5.56 Å². The van der Waals surface area contributed by atoms with Crippen LogP contribution in [-0.2, 0) is 6.42 Å². The van der Waals surface area contributed by atoms with Gasteiger partial charge in [-0.15, -0.1) is 19.2 Å². The van der Waals surface area contributed by atoms with E-state index in [9.17, 15) is 0 Å².